The summed E-state index contributed by atoms with van der Waals surface area (Å²) in [6.45, 7) is 0. The van der Waals surface area contributed by atoms with Crippen molar-refractivity contribution in [1.82, 2.24) is 0 Å². The Morgan fingerprint density at radius 2 is 1.72 bits per heavy atom. The van der Waals surface area contributed by atoms with Crippen molar-refractivity contribution in [3.8, 4) is 0 Å². The van der Waals surface area contributed by atoms with Gasteiger partial charge in [0, 0.05) is 4.47 Å². The molecule has 3 atom stereocenters. The molecule has 0 N–H and O–H groups in total. The Balaban J connectivity index is 1.93. The van der Waals surface area contributed by atoms with Crippen LogP contribution in [-0.2, 0) is 14.3 Å². The van der Waals surface area contributed by atoms with Crippen LogP contribution in [0.5, 0.6) is 0 Å². The van der Waals surface area contributed by atoms with Crippen molar-refractivity contribution in [1.29, 1.82) is 0 Å². The van der Waals surface area contributed by atoms with E-state index in [9.17, 15) is 30.4 Å². The van der Waals surface area contributed by atoms with Crippen molar-refractivity contribution in [2.24, 2.45) is 11.3 Å². The van der Waals surface area contributed by atoms with Crippen LogP contribution in [0.4, 0.5) is 22.0 Å². The summed E-state index contributed by atoms with van der Waals surface area (Å²) >= 11 is 3.12. The molecule has 0 heterocycles. The van der Waals surface area contributed by atoms with Crippen LogP contribution in [0.3, 0.4) is 0 Å². The van der Waals surface area contributed by atoms with Gasteiger partial charge in [-0.15, -0.1) is 0 Å². The summed E-state index contributed by atoms with van der Waals surface area (Å²) in [4.78, 5) is -0.288. The summed E-state index contributed by atoms with van der Waals surface area (Å²) < 4.78 is 97.4. The summed E-state index contributed by atoms with van der Waals surface area (Å²) in [7, 11) is -4.45. The van der Waals surface area contributed by atoms with Crippen molar-refractivity contribution < 1.29 is 34.6 Å². The molecule has 1 aromatic carbocycles. The van der Waals surface area contributed by atoms with Gasteiger partial charge < -0.3 is 0 Å². The standard InChI is InChI=1S/C15H14BrF5O3S/c16-10-1-3-11(4-2-10)25(22,23)24-12-7-9-5-6-13(12,8-9)14(17,18)15(19,20)21/h1-4,9,12H,5-8H2/t9-,12-,13+/m1/s1. The number of alkyl halides is 5. The highest BCUT2D eigenvalue weighted by atomic mass is 79.9. The van der Waals surface area contributed by atoms with E-state index >= 15 is 0 Å². The van der Waals surface area contributed by atoms with E-state index in [0.717, 1.165) is 0 Å². The van der Waals surface area contributed by atoms with E-state index < -0.39 is 46.1 Å². The Kier molecular flexibility index (Phi) is 4.48. The summed E-state index contributed by atoms with van der Waals surface area (Å²) in [6, 6.07) is 5.22. The molecule has 3 rings (SSSR count). The third-order valence-corrected chi connectivity index (χ3v) is 7.01. The zero-order valence-electron chi connectivity index (χ0n) is 12.7. The molecule has 25 heavy (non-hydrogen) atoms. The quantitative estimate of drug-likeness (QED) is 0.485. The Labute approximate surface area is 149 Å². The molecule has 0 spiro atoms. The molecule has 1 aromatic rings. The summed E-state index contributed by atoms with van der Waals surface area (Å²) in [5.41, 5.74) is -2.53. The first-order chi connectivity index (χ1) is 11.4. The van der Waals surface area contributed by atoms with Gasteiger partial charge >= 0.3 is 12.1 Å². The van der Waals surface area contributed by atoms with Crippen LogP contribution in [0.15, 0.2) is 33.6 Å². The van der Waals surface area contributed by atoms with Gasteiger partial charge in [-0.3, -0.25) is 4.18 Å². The Hall–Kier alpha value is -0.740. The summed E-state index contributed by atoms with van der Waals surface area (Å²) in [5, 5.41) is 0. The highest BCUT2D eigenvalue weighted by Gasteiger charge is 2.76. The first-order valence-electron chi connectivity index (χ1n) is 7.52. The number of hydrogen-bond donors (Lipinski definition) is 0. The van der Waals surface area contributed by atoms with Crippen molar-refractivity contribution in [3.63, 3.8) is 0 Å². The van der Waals surface area contributed by atoms with Crippen molar-refractivity contribution in [3.05, 3.63) is 28.7 Å². The number of halogens is 6. The van der Waals surface area contributed by atoms with Gasteiger partial charge in [-0.25, -0.2) is 0 Å². The monoisotopic (exact) mass is 448 g/mol. The predicted molar refractivity (Wildman–Crippen MR) is 81.6 cm³/mol. The van der Waals surface area contributed by atoms with E-state index in [1.165, 1.54) is 24.3 Å². The number of rotatable bonds is 4. The minimum Gasteiger partial charge on any atom is -0.262 e. The van der Waals surface area contributed by atoms with Crippen molar-refractivity contribution in [2.75, 3.05) is 0 Å². The molecular formula is C15H14BrF5O3S. The smallest absolute Gasteiger partial charge is 0.262 e. The second-order valence-corrected chi connectivity index (χ2v) is 9.05. The number of fused-ring (bicyclic) bond motifs is 2. The molecular weight excluding hydrogens is 435 g/mol. The molecule has 2 aliphatic rings. The number of benzene rings is 1. The molecule has 2 bridgehead atoms. The maximum absolute atomic E-state index is 14.2. The fraction of sp³-hybridized carbons (Fsp3) is 0.600. The van der Waals surface area contributed by atoms with E-state index in [2.05, 4.69) is 15.9 Å². The normalized spacial score (nSPS) is 30.0. The lowest BCUT2D eigenvalue weighted by molar-refractivity contribution is -0.334. The molecule has 0 saturated heterocycles. The fourth-order valence-corrected chi connectivity index (χ4v) is 5.33. The van der Waals surface area contributed by atoms with Gasteiger partial charge in [-0.2, -0.15) is 30.4 Å². The van der Waals surface area contributed by atoms with Gasteiger partial charge in [-0.05, 0) is 55.9 Å². The van der Waals surface area contributed by atoms with Crippen molar-refractivity contribution in [2.45, 2.75) is 48.8 Å². The van der Waals surface area contributed by atoms with E-state index in [0.29, 0.717) is 4.47 Å². The lowest BCUT2D eigenvalue weighted by Crippen LogP contribution is -2.56. The zero-order valence-corrected chi connectivity index (χ0v) is 15.1. The summed E-state index contributed by atoms with van der Waals surface area (Å²) in [6.07, 6.45) is -8.16. The minimum absolute atomic E-state index is 0.124. The largest absolute Gasteiger partial charge is 0.453 e. The van der Waals surface area contributed by atoms with Gasteiger partial charge in [0.1, 0.15) is 0 Å². The average molecular weight is 449 g/mol. The van der Waals surface area contributed by atoms with Gasteiger partial charge in [0.2, 0.25) is 0 Å². The first kappa shape index (κ1) is 19.0. The van der Waals surface area contributed by atoms with Crippen LogP contribution in [0.1, 0.15) is 25.7 Å². The van der Waals surface area contributed by atoms with Gasteiger partial charge in [0.15, 0.2) is 0 Å². The molecule has 2 fully saturated rings. The first-order valence-corrected chi connectivity index (χ1v) is 9.73. The summed E-state index contributed by atoms with van der Waals surface area (Å²) in [5.74, 6) is -5.40. The Bertz CT molecular complexity index is 762. The molecule has 0 unspecified atom stereocenters. The van der Waals surface area contributed by atoms with Crippen LogP contribution < -0.4 is 0 Å². The van der Waals surface area contributed by atoms with Gasteiger partial charge in [0.25, 0.3) is 10.1 Å². The SMILES string of the molecule is O=S(=O)(O[C@@H]1C[C@H]2CC[C@]1(C(F)(F)C(F)(F)F)C2)c1ccc(Br)cc1. The van der Waals surface area contributed by atoms with Crippen LogP contribution >= 0.6 is 15.9 Å². The van der Waals surface area contributed by atoms with E-state index in [4.69, 9.17) is 4.18 Å². The average Bonchev–Trinajstić information content (AvgIpc) is 3.05. The maximum Gasteiger partial charge on any atom is 0.453 e. The minimum atomic E-state index is -5.75. The van der Waals surface area contributed by atoms with E-state index in [1.54, 1.807) is 0 Å². The Morgan fingerprint density at radius 1 is 1.12 bits per heavy atom. The van der Waals surface area contributed by atoms with Crippen LogP contribution in [0.25, 0.3) is 0 Å². The molecule has 10 heteroatoms. The zero-order chi connectivity index (χ0) is 18.7. The van der Waals surface area contributed by atoms with E-state index in [1.807, 2.05) is 0 Å². The third-order valence-electron chi connectivity index (χ3n) is 5.14. The molecule has 2 aliphatic carbocycles. The molecule has 0 amide bonds. The second kappa shape index (κ2) is 5.88. The van der Waals surface area contributed by atoms with Crippen LogP contribution in [0, 0.1) is 11.3 Å². The van der Waals surface area contributed by atoms with Gasteiger partial charge in [-0.1, -0.05) is 15.9 Å². The molecule has 140 valence electrons. The van der Waals surface area contributed by atoms with Crippen LogP contribution in [-0.4, -0.2) is 26.6 Å². The Morgan fingerprint density at radius 3 is 2.24 bits per heavy atom. The maximum atomic E-state index is 14.2. The molecule has 0 aromatic heterocycles. The molecule has 0 aliphatic heterocycles. The predicted octanol–water partition coefficient (Wildman–Crippen LogP) is 4.91. The lowest BCUT2D eigenvalue weighted by atomic mass is 9.75. The lowest BCUT2D eigenvalue weighted by Gasteiger charge is -2.41. The van der Waals surface area contributed by atoms with Crippen LogP contribution in [0.2, 0.25) is 0 Å². The topological polar surface area (TPSA) is 43.4 Å². The molecule has 3 nitrogen and oxygen atoms in total. The fourth-order valence-electron chi connectivity index (χ4n) is 3.91. The van der Waals surface area contributed by atoms with E-state index in [-0.39, 0.29) is 24.2 Å². The third kappa shape index (κ3) is 2.99. The molecule has 0 radical (unpaired) electrons. The van der Waals surface area contributed by atoms with Crippen molar-refractivity contribution >= 4 is 26.0 Å². The molecule has 2 saturated carbocycles. The van der Waals surface area contributed by atoms with Gasteiger partial charge in [0.05, 0.1) is 16.4 Å². The number of hydrogen-bond acceptors (Lipinski definition) is 3. The second-order valence-electron chi connectivity index (χ2n) is 6.57. The highest BCUT2D eigenvalue weighted by molar-refractivity contribution is 9.10. The highest BCUT2D eigenvalue weighted by Crippen LogP contribution is 2.66.